The summed E-state index contributed by atoms with van der Waals surface area (Å²) in [5.74, 6) is 0. The molecule has 0 aliphatic rings. The molecule has 0 aliphatic heterocycles. The van der Waals surface area contributed by atoms with E-state index in [4.69, 9.17) is 0 Å². The third kappa shape index (κ3) is 24.9. The molecule has 0 amide bonds. The first kappa shape index (κ1) is 36.6. The Labute approximate surface area is 248 Å². The average Bonchev–Trinajstić information content (AvgIpc) is 2.86. The van der Waals surface area contributed by atoms with E-state index < -0.39 is 0 Å². The first-order chi connectivity index (χ1) is 19.0. The Morgan fingerprint density at radius 3 is 0.925 bits per heavy atom. The Bertz CT molecular complexity index is 1050. The molecule has 0 unspecified atom stereocenters. The SMILES string of the molecule is CC(C)=CCC\C(C)=C/C=C/C(C)=C\C=C\C(C)=C\C=C\C=C(C)\C=C\C=C(C)\C=C\C=C(/C)CCC=C(C)C. The minimum atomic E-state index is 1.12. The van der Waals surface area contributed by atoms with Crippen molar-refractivity contribution in [1.29, 1.82) is 0 Å². The normalized spacial score (nSPS) is 15.1. The van der Waals surface area contributed by atoms with Crippen LogP contribution >= 0.6 is 0 Å². The first-order valence-electron chi connectivity index (χ1n) is 14.7. The molecule has 0 radical (unpaired) electrons. The van der Waals surface area contributed by atoms with E-state index in [2.05, 4.69) is 179 Å². The van der Waals surface area contributed by atoms with E-state index in [1.807, 2.05) is 0 Å². The molecule has 0 nitrogen and oxygen atoms in total. The van der Waals surface area contributed by atoms with Crippen LogP contribution in [0.25, 0.3) is 0 Å². The van der Waals surface area contributed by atoms with Crippen molar-refractivity contribution in [2.24, 2.45) is 0 Å². The molecule has 0 N–H and O–H groups in total. The van der Waals surface area contributed by atoms with Crippen LogP contribution in [0.15, 0.2) is 154 Å². The van der Waals surface area contributed by atoms with Crippen molar-refractivity contribution in [2.75, 3.05) is 0 Å². The largest absolute Gasteiger partial charge is 0.0856 e. The minimum absolute atomic E-state index is 1.12. The third-order valence-electron chi connectivity index (χ3n) is 5.93. The lowest BCUT2D eigenvalue weighted by molar-refractivity contribution is 0.967. The Morgan fingerprint density at radius 1 is 0.350 bits per heavy atom. The van der Waals surface area contributed by atoms with Crippen molar-refractivity contribution < 1.29 is 0 Å². The van der Waals surface area contributed by atoms with Gasteiger partial charge in [-0.1, -0.05) is 154 Å². The quantitative estimate of drug-likeness (QED) is 0.136. The highest BCUT2D eigenvalue weighted by Gasteiger charge is 1.88. The lowest BCUT2D eigenvalue weighted by Crippen LogP contribution is -1.76. The van der Waals surface area contributed by atoms with E-state index in [1.165, 1.54) is 44.6 Å². The fourth-order valence-corrected chi connectivity index (χ4v) is 3.41. The summed E-state index contributed by atoms with van der Waals surface area (Å²) in [5, 5.41) is 0. The van der Waals surface area contributed by atoms with Crippen LogP contribution in [-0.4, -0.2) is 0 Å². The van der Waals surface area contributed by atoms with Crippen molar-refractivity contribution in [1.82, 2.24) is 0 Å². The monoisotopic (exact) mass is 536 g/mol. The molecule has 0 saturated carbocycles. The average molecular weight is 537 g/mol. The van der Waals surface area contributed by atoms with E-state index in [9.17, 15) is 0 Å². The van der Waals surface area contributed by atoms with Crippen molar-refractivity contribution in [3.63, 3.8) is 0 Å². The number of rotatable bonds is 16. The van der Waals surface area contributed by atoms with Gasteiger partial charge in [-0.3, -0.25) is 0 Å². The van der Waals surface area contributed by atoms with Gasteiger partial charge in [-0.15, -0.1) is 0 Å². The van der Waals surface area contributed by atoms with Crippen LogP contribution in [0.1, 0.15) is 94.9 Å². The molecule has 0 atom stereocenters. The van der Waals surface area contributed by atoms with Crippen LogP contribution in [0.4, 0.5) is 0 Å². The van der Waals surface area contributed by atoms with Gasteiger partial charge in [0, 0.05) is 0 Å². The maximum Gasteiger partial charge on any atom is -0.0285 e. The summed E-state index contributed by atoms with van der Waals surface area (Å²) in [6, 6.07) is 0. The Morgan fingerprint density at radius 2 is 0.625 bits per heavy atom. The standard InChI is InChI=1S/C40H56/c1-33(2)19-13-23-37(7)27-17-31-39(9)29-15-25-35(5)21-11-12-22-36(6)26-16-30-40(10)32-18-28-38(8)24-14-20-34(3)4/h11-12,15-22,25-32H,13-14,23-24H2,1-10H3/b12-11+,25-15+,26-16+,31-17+,32-18+,35-21+,36-22+,37-27-,38-28+,39-29-,40-30+. The predicted octanol–water partition coefficient (Wildman–Crippen LogP) is 12.9. The second kappa shape index (κ2) is 23.5. The molecule has 0 spiro atoms. The molecule has 0 aromatic carbocycles. The zero-order valence-electron chi connectivity index (χ0n) is 27.2. The smallest absolute Gasteiger partial charge is 0.0285 e. The van der Waals surface area contributed by atoms with Crippen LogP contribution in [-0.2, 0) is 0 Å². The molecule has 0 heteroatoms. The lowest BCUT2D eigenvalue weighted by atomic mass is 10.1. The molecule has 0 fully saturated rings. The van der Waals surface area contributed by atoms with Gasteiger partial charge in [0.15, 0.2) is 0 Å². The van der Waals surface area contributed by atoms with E-state index in [0.29, 0.717) is 0 Å². The molecular weight excluding hydrogens is 480 g/mol. The second-order valence-corrected chi connectivity index (χ2v) is 11.1. The van der Waals surface area contributed by atoms with Crippen LogP contribution in [0, 0.1) is 0 Å². The number of allylic oxidation sites excluding steroid dienone is 26. The summed E-state index contributed by atoms with van der Waals surface area (Å²) in [5.41, 5.74) is 10.5. The summed E-state index contributed by atoms with van der Waals surface area (Å²) in [7, 11) is 0. The van der Waals surface area contributed by atoms with Gasteiger partial charge in [-0.05, 0) is 94.9 Å². The number of hydrogen-bond acceptors (Lipinski definition) is 0. The van der Waals surface area contributed by atoms with Gasteiger partial charge in [-0.25, -0.2) is 0 Å². The van der Waals surface area contributed by atoms with Gasteiger partial charge in [0.25, 0.3) is 0 Å². The van der Waals surface area contributed by atoms with Gasteiger partial charge in [-0.2, -0.15) is 0 Å². The fraction of sp³-hybridized carbons (Fsp3) is 0.350. The van der Waals surface area contributed by atoms with Gasteiger partial charge < -0.3 is 0 Å². The molecule has 216 valence electrons. The maximum atomic E-state index is 2.30. The number of hydrogen-bond donors (Lipinski definition) is 0. The summed E-state index contributed by atoms with van der Waals surface area (Å²) < 4.78 is 0. The van der Waals surface area contributed by atoms with Gasteiger partial charge >= 0.3 is 0 Å². The highest BCUT2D eigenvalue weighted by molar-refractivity contribution is 5.32. The van der Waals surface area contributed by atoms with Crippen LogP contribution in [0.3, 0.4) is 0 Å². The Hall–Kier alpha value is -3.38. The fourth-order valence-electron chi connectivity index (χ4n) is 3.41. The maximum absolute atomic E-state index is 2.30. The molecular formula is C40H56. The van der Waals surface area contributed by atoms with Gasteiger partial charge in [0.05, 0.1) is 0 Å². The van der Waals surface area contributed by atoms with Crippen LogP contribution < -0.4 is 0 Å². The highest BCUT2D eigenvalue weighted by atomic mass is 13.9. The van der Waals surface area contributed by atoms with Crippen LogP contribution in [0.2, 0.25) is 0 Å². The molecule has 0 rings (SSSR count). The molecule has 0 heterocycles. The van der Waals surface area contributed by atoms with Crippen molar-refractivity contribution in [3.05, 3.63) is 154 Å². The van der Waals surface area contributed by atoms with Crippen molar-refractivity contribution >= 4 is 0 Å². The van der Waals surface area contributed by atoms with Crippen molar-refractivity contribution in [2.45, 2.75) is 94.9 Å². The molecule has 0 saturated heterocycles. The molecule has 0 aromatic heterocycles. The summed E-state index contributed by atoms with van der Waals surface area (Å²) >= 11 is 0. The zero-order chi connectivity index (χ0) is 30.2. The zero-order valence-corrected chi connectivity index (χ0v) is 27.2. The molecule has 0 aliphatic carbocycles. The Balaban J connectivity index is 4.70. The van der Waals surface area contributed by atoms with E-state index in [-0.39, 0.29) is 0 Å². The third-order valence-corrected chi connectivity index (χ3v) is 5.93. The lowest BCUT2D eigenvalue weighted by Gasteiger charge is -1.96. The van der Waals surface area contributed by atoms with E-state index in [0.717, 1.165) is 25.7 Å². The Kier molecular flexibility index (Phi) is 21.5. The molecule has 0 bridgehead atoms. The topological polar surface area (TPSA) is 0 Å². The van der Waals surface area contributed by atoms with E-state index in [1.54, 1.807) is 0 Å². The van der Waals surface area contributed by atoms with Gasteiger partial charge in [0.2, 0.25) is 0 Å². The van der Waals surface area contributed by atoms with Crippen molar-refractivity contribution in [3.8, 4) is 0 Å². The molecule has 0 aromatic rings. The highest BCUT2D eigenvalue weighted by Crippen LogP contribution is 2.09. The predicted molar refractivity (Wildman–Crippen MR) is 186 cm³/mol. The van der Waals surface area contributed by atoms with E-state index >= 15 is 0 Å². The summed E-state index contributed by atoms with van der Waals surface area (Å²) in [6.07, 6.45) is 43.3. The second-order valence-electron chi connectivity index (χ2n) is 11.1. The minimum Gasteiger partial charge on any atom is -0.0856 e. The molecule has 40 heavy (non-hydrogen) atoms. The van der Waals surface area contributed by atoms with Crippen LogP contribution in [0.5, 0.6) is 0 Å². The first-order valence-corrected chi connectivity index (χ1v) is 14.7. The van der Waals surface area contributed by atoms with Gasteiger partial charge in [0.1, 0.15) is 0 Å². The summed E-state index contributed by atoms with van der Waals surface area (Å²) in [6.45, 7) is 21.5. The summed E-state index contributed by atoms with van der Waals surface area (Å²) in [4.78, 5) is 0.